The number of esters is 1. The third kappa shape index (κ3) is 5.70. The van der Waals surface area contributed by atoms with Gasteiger partial charge in [-0.15, -0.1) is 12.4 Å². The number of nitrogens with zero attached hydrogens (tertiary/aromatic N) is 2. The quantitative estimate of drug-likeness (QED) is 0.670. The molecule has 0 radical (unpaired) electrons. The van der Waals surface area contributed by atoms with Gasteiger partial charge in [0.15, 0.2) is 5.69 Å². The number of ether oxygens (including phenoxy) is 1. The molecule has 154 valence electrons. The van der Waals surface area contributed by atoms with Crippen LogP contribution in [0.4, 0.5) is 18.9 Å². The first-order valence-corrected chi connectivity index (χ1v) is 8.20. The molecule has 0 aliphatic carbocycles. The summed E-state index contributed by atoms with van der Waals surface area (Å²) in [6, 6.07) is 5.61. The van der Waals surface area contributed by atoms with E-state index in [2.05, 4.69) is 15.2 Å². The Morgan fingerprint density at radius 2 is 1.89 bits per heavy atom. The molecular weight excluding hydrogens is 401 g/mol. The number of carbonyl (C=O) groups is 2. The molecule has 0 atom stereocenters. The van der Waals surface area contributed by atoms with Crippen molar-refractivity contribution in [3.8, 4) is 5.69 Å². The number of anilines is 1. The lowest BCUT2D eigenvalue weighted by atomic mass is 10.2. The number of amides is 1. The number of carbonyl (C=O) groups excluding carboxylic acids is 2. The number of alkyl halides is 3. The van der Waals surface area contributed by atoms with Crippen molar-refractivity contribution in [2.45, 2.75) is 25.9 Å². The van der Waals surface area contributed by atoms with Gasteiger partial charge in [0.1, 0.15) is 5.56 Å². The van der Waals surface area contributed by atoms with E-state index in [4.69, 9.17) is 5.73 Å². The maximum Gasteiger partial charge on any atom is 0.434 e. The maximum absolute atomic E-state index is 13.5. The molecule has 1 aromatic heterocycles. The van der Waals surface area contributed by atoms with Crippen LogP contribution in [0.1, 0.15) is 35.8 Å². The molecule has 1 aromatic carbocycles. The predicted octanol–water partition coefficient (Wildman–Crippen LogP) is 3.17. The van der Waals surface area contributed by atoms with E-state index in [-0.39, 0.29) is 37.0 Å². The van der Waals surface area contributed by atoms with Gasteiger partial charge in [-0.3, -0.25) is 4.79 Å². The second-order valence-corrected chi connectivity index (χ2v) is 5.52. The first-order valence-electron chi connectivity index (χ1n) is 8.20. The molecule has 0 fully saturated rings. The Labute approximate surface area is 165 Å². The molecule has 0 saturated heterocycles. The standard InChI is InChI=1S/C17H19F3N4O3.ClH/c1-2-27-16(26)13-10-22-24(15(13)17(18,19)20)12-7-5-11(6-8-12)23-14(25)4-3-9-21;/h5-8,10H,2-4,9,21H2,1H3,(H,23,25);1H. The summed E-state index contributed by atoms with van der Waals surface area (Å²) in [5.74, 6) is -1.34. The van der Waals surface area contributed by atoms with Gasteiger partial charge in [-0.2, -0.15) is 18.3 Å². The van der Waals surface area contributed by atoms with Gasteiger partial charge in [0.05, 0.1) is 18.5 Å². The monoisotopic (exact) mass is 420 g/mol. The van der Waals surface area contributed by atoms with Crippen LogP contribution >= 0.6 is 12.4 Å². The van der Waals surface area contributed by atoms with Crippen molar-refractivity contribution < 1.29 is 27.5 Å². The highest BCUT2D eigenvalue weighted by atomic mass is 35.5. The number of hydrogen-bond acceptors (Lipinski definition) is 5. The lowest BCUT2D eigenvalue weighted by Crippen LogP contribution is -2.18. The molecule has 1 amide bonds. The van der Waals surface area contributed by atoms with Crippen molar-refractivity contribution >= 4 is 30.0 Å². The lowest BCUT2D eigenvalue weighted by Gasteiger charge is -2.13. The Balaban J connectivity index is 0.00000392. The topological polar surface area (TPSA) is 99.2 Å². The maximum atomic E-state index is 13.5. The zero-order chi connectivity index (χ0) is 20.0. The van der Waals surface area contributed by atoms with Crippen LogP contribution in [0.25, 0.3) is 5.69 Å². The highest BCUT2D eigenvalue weighted by molar-refractivity contribution is 5.91. The SMILES string of the molecule is CCOC(=O)c1cnn(-c2ccc(NC(=O)CCCN)cc2)c1C(F)(F)F.Cl. The first-order chi connectivity index (χ1) is 12.8. The van der Waals surface area contributed by atoms with Crippen molar-refractivity contribution in [3.63, 3.8) is 0 Å². The fourth-order valence-electron chi connectivity index (χ4n) is 2.35. The third-order valence-electron chi connectivity index (χ3n) is 3.54. The molecule has 7 nitrogen and oxygen atoms in total. The number of benzene rings is 1. The van der Waals surface area contributed by atoms with E-state index in [9.17, 15) is 22.8 Å². The van der Waals surface area contributed by atoms with Crippen LogP contribution in [-0.4, -0.2) is 34.8 Å². The molecule has 0 saturated carbocycles. The minimum Gasteiger partial charge on any atom is -0.462 e. The Bertz CT molecular complexity index is 807. The van der Waals surface area contributed by atoms with Gasteiger partial charge in [0.2, 0.25) is 5.91 Å². The van der Waals surface area contributed by atoms with Crippen LogP contribution in [0, 0.1) is 0 Å². The van der Waals surface area contributed by atoms with Gasteiger partial charge < -0.3 is 15.8 Å². The van der Waals surface area contributed by atoms with Crippen LogP contribution in [0.3, 0.4) is 0 Å². The second-order valence-electron chi connectivity index (χ2n) is 5.52. The van der Waals surface area contributed by atoms with Crippen LogP contribution in [0.2, 0.25) is 0 Å². The third-order valence-corrected chi connectivity index (χ3v) is 3.54. The average Bonchev–Trinajstić information content (AvgIpc) is 3.06. The largest absolute Gasteiger partial charge is 0.462 e. The summed E-state index contributed by atoms with van der Waals surface area (Å²) in [5.41, 5.74) is 3.95. The lowest BCUT2D eigenvalue weighted by molar-refractivity contribution is -0.143. The molecule has 0 aliphatic rings. The summed E-state index contributed by atoms with van der Waals surface area (Å²) in [5, 5.41) is 6.30. The van der Waals surface area contributed by atoms with Crippen molar-refractivity contribution in [2.24, 2.45) is 5.73 Å². The van der Waals surface area contributed by atoms with Crippen LogP contribution in [-0.2, 0) is 15.7 Å². The molecule has 0 spiro atoms. The zero-order valence-corrected chi connectivity index (χ0v) is 15.8. The highest BCUT2D eigenvalue weighted by Gasteiger charge is 2.41. The molecule has 3 N–H and O–H groups in total. The Kier molecular flexibility index (Phi) is 8.45. The van der Waals surface area contributed by atoms with Crippen LogP contribution in [0.15, 0.2) is 30.5 Å². The molecule has 11 heteroatoms. The van der Waals surface area contributed by atoms with E-state index in [1.54, 1.807) is 0 Å². The molecule has 28 heavy (non-hydrogen) atoms. The minimum atomic E-state index is -4.81. The van der Waals surface area contributed by atoms with Gasteiger partial charge in [0, 0.05) is 12.1 Å². The number of halogens is 4. The zero-order valence-electron chi connectivity index (χ0n) is 15.0. The number of nitrogens with one attached hydrogen (secondary N) is 1. The molecular formula is C17H20ClF3N4O3. The van der Waals surface area contributed by atoms with E-state index < -0.39 is 23.4 Å². The summed E-state index contributed by atoms with van der Waals surface area (Å²) < 4.78 is 45.7. The predicted molar refractivity (Wildman–Crippen MR) is 98.7 cm³/mol. The van der Waals surface area contributed by atoms with E-state index in [1.165, 1.54) is 31.2 Å². The van der Waals surface area contributed by atoms with E-state index in [0.29, 0.717) is 23.3 Å². The van der Waals surface area contributed by atoms with Gasteiger partial charge >= 0.3 is 12.1 Å². The summed E-state index contributed by atoms with van der Waals surface area (Å²) in [4.78, 5) is 23.5. The van der Waals surface area contributed by atoms with E-state index in [1.807, 2.05) is 0 Å². The van der Waals surface area contributed by atoms with Gasteiger partial charge in [0.25, 0.3) is 0 Å². The van der Waals surface area contributed by atoms with Gasteiger partial charge in [-0.1, -0.05) is 0 Å². The van der Waals surface area contributed by atoms with Crippen molar-refractivity contribution in [1.29, 1.82) is 0 Å². The van der Waals surface area contributed by atoms with Crippen molar-refractivity contribution in [3.05, 3.63) is 41.7 Å². The number of rotatable bonds is 7. The highest BCUT2D eigenvalue weighted by Crippen LogP contribution is 2.34. The molecule has 1 heterocycles. The molecule has 0 aliphatic heterocycles. The van der Waals surface area contributed by atoms with E-state index >= 15 is 0 Å². The Morgan fingerprint density at radius 1 is 1.25 bits per heavy atom. The number of hydrogen-bond donors (Lipinski definition) is 2. The second kappa shape index (κ2) is 10.1. The average molecular weight is 421 g/mol. The van der Waals surface area contributed by atoms with E-state index in [0.717, 1.165) is 6.20 Å². The smallest absolute Gasteiger partial charge is 0.434 e. The number of nitrogens with two attached hydrogens (primary N) is 1. The number of aromatic nitrogens is 2. The Hall–Kier alpha value is -2.59. The fourth-order valence-corrected chi connectivity index (χ4v) is 2.35. The summed E-state index contributed by atoms with van der Waals surface area (Å²) in [7, 11) is 0. The summed E-state index contributed by atoms with van der Waals surface area (Å²) in [6.07, 6.45) is -3.21. The summed E-state index contributed by atoms with van der Waals surface area (Å²) >= 11 is 0. The molecule has 2 rings (SSSR count). The van der Waals surface area contributed by atoms with Crippen molar-refractivity contribution in [2.75, 3.05) is 18.5 Å². The first kappa shape index (κ1) is 23.4. The van der Waals surface area contributed by atoms with Crippen molar-refractivity contribution in [1.82, 2.24) is 9.78 Å². The Morgan fingerprint density at radius 3 is 2.43 bits per heavy atom. The molecule has 2 aromatic rings. The minimum absolute atomic E-state index is 0. The fraction of sp³-hybridized carbons (Fsp3) is 0.353. The van der Waals surface area contributed by atoms with Crippen LogP contribution in [0.5, 0.6) is 0 Å². The normalized spacial score (nSPS) is 10.9. The van der Waals surface area contributed by atoms with Gasteiger partial charge in [-0.05, 0) is 44.2 Å². The molecule has 0 bridgehead atoms. The van der Waals surface area contributed by atoms with Gasteiger partial charge in [-0.25, -0.2) is 9.48 Å². The summed E-state index contributed by atoms with van der Waals surface area (Å²) in [6.45, 7) is 1.82. The molecule has 0 unspecified atom stereocenters. The van der Waals surface area contributed by atoms with Crippen LogP contribution < -0.4 is 11.1 Å².